The number of aliphatic carboxylic acids is 1. The van der Waals surface area contributed by atoms with Gasteiger partial charge in [-0.2, -0.15) is 8.42 Å². The lowest BCUT2D eigenvalue weighted by Crippen LogP contribution is -2.39. The zero-order valence-electron chi connectivity index (χ0n) is 7.51. The molecule has 0 amide bonds. The van der Waals surface area contributed by atoms with Crippen molar-refractivity contribution < 1.29 is 22.9 Å². The first kappa shape index (κ1) is 13.3. The lowest BCUT2D eigenvalue weighted by molar-refractivity contribution is -0.136. The third-order valence-electron chi connectivity index (χ3n) is 1.52. The summed E-state index contributed by atoms with van der Waals surface area (Å²) >= 11 is 0. The number of rotatable bonds is 7. The summed E-state index contributed by atoms with van der Waals surface area (Å²) in [5.41, 5.74) is 5.17. The Morgan fingerprint density at radius 2 is 2.07 bits per heavy atom. The monoisotopic (exact) mass is 226 g/mol. The van der Waals surface area contributed by atoms with Crippen LogP contribution in [0.25, 0.3) is 0 Å². The topological polar surface area (TPSA) is 130 Å². The van der Waals surface area contributed by atoms with E-state index in [0.717, 1.165) is 0 Å². The fraction of sp³-hybridized carbons (Fsp3) is 0.833. The van der Waals surface area contributed by atoms with Crippen LogP contribution in [-0.2, 0) is 14.9 Å². The Hall–Kier alpha value is -0.700. The van der Waals surface area contributed by atoms with E-state index in [9.17, 15) is 13.2 Å². The van der Waals surface area contributed by atoms with Crippen molar-refractivity contribution in [2.45, 2.75) is 11.7 Å². The number of carboxylic acids is 1. The Labute approximate surface area is 82.0 Å². The average Bonchev–Trinajstić information content (AvgIpc) is 2.01. The Morgan fingerprint density at radius 3 is 2.43 bits per heavy atom. The highest BCUT2D eigenvalue weighted by Crippen LogP contribution is 1.97. The first-order valence-corrected chi connectivity index (χ1v) is 5.49. The first-order valence-electron chi connectivity index (χ1n) is 3.99. The summed E-state index contributed by atoms with van der Waals surface area (Å²) in [5, 5.41) is 9.22. The molecule has 0 radical (unpaired) electrons. The van der Waals surface area contributed by atoms with E-state index < -0.39 is 21.3 Å². The van der Waals surface area contributed by atoms with Gasteiger partial charge in [0.1, 0.15) is 0 Å². The van der Waals surface area contributed by atoms with Crippen LogP contribution in [0.15, 0.2) is 0 Å². The summed E-state index contributed by atoms with van der Waals surface area (Å²) in [6.45, 7) is 0.514. The van der Waals surface area contributed by atoms with E-state index in [1.807, 2.05) is 0 Å². The van der Waals surface area contributed by atoms with Gasteiger partial charge in [0, 0.05) is 6.54 Å². The molecule has 1 atom stereocenters. The third kappa shape index (κ3) is 5.12. The Kier molecular flexibility index (Phi) is 5.62. The van der Waals surface area contributed by atoms with Gasteiger partial charge in [0.05, 0.1) is 0 Å². The van der Waals surface area contributed by atoms with Crippen molar-refractivity contribution in [3.8, 4) is 0 Å². The maximum Gasteiger partial charge on any atom is 0.325 e. The number of hydrogen-bond acceptors (Lipinski definition) is 5. The van der Waals surface area contributed by atoms with Crippen molar-refractivity contribution in [3.63, 3.8) is 0 Å². The SMILES string of the molecule is NCCCNCC(C(=O)O)S(=O)(=O)O. The fourth-order valence-electron chi connectivity index (χ4n) is 0.780. The highest BCUT2D eigenvalue weighted by atomic mass is 32.2. The molecule has 8 heteroatoms. The van der Waals surface area contributed by atoms with Crippen LogP contribution in [0, 0.1) is 0 Å². The van der Waals surface area contributed by atoms with Crippen molar-refractivity contribution >= 4 is 16.1 Å². The van der Waals surface area contributed by atoms with Crippen molar-refractivity contribution in [3.05, 3.63) is 0 Å². The van der Waals surface area contributed by atoms with Crippen molar-refractivity contribution in [2.24, 2.45) is 5.73 Å². The summed E-state index contributed by atoms with van der Waals surface area (Å²) in [5.74, 6) is -1.58. The minimum Gasteiger partial charge on any atom is -0.480 e. The molecule has 0 heterocycles. The van der Waals surface area contributed by atoms with E-state index in [-0.39, 0.29) is 6.54 Å². The van der Waals surface area contributed by atoms with E-state index >= 15 is 0 Å². The van der Waals surface area contributed by atoms with Crippen molar-refractivity contribution in [2.75, 3.05) is 19.6 Å². The van der Waals surface area contributed by atoms with E-state index in [0.29, 0.717) is 19.5 Å². The predicted molar refractivity (Wildman–Crippen MR) is 49.5 cm³/mol. The van der Waals surface area contributed by atoms with E-state index in [1.54, 1.807) is 0 Å². The lowest BCUT2D eigenvalue weighted by Gasteiger charge is -2.09. The van der Waals surface area contributed by atoms with Gasteiger partial charge in [-0.15, -0.1) is 0 Å². The van der Waals surface area contributed by atoms with E-state index in [4.69, 9.17) is 15.4 Å². The van der Waals surface area contributed by atoms with E-state index in [2.05, 4.69) is 5.32 Å². The largest absolute Gasteiger partial charge is 0.480 e. The number of carbonyl (C=O) groups is 1. The molecular weight excluding hydrogens is 212 g/mol. The molecule has 0 aliphatic heterocycles. The van der Waals surface area contributed by atoms with Gasteiger partial charge in [-0.3, -0.25) is 9.35 Å². The zero-order chi connectivity index (χ0) is 11.2. The molecule has 1 unspecified atom stereocenters. The highest BCUT2D eigenvalue weighted by Gasteiger charge is 2.30. The average molecular weight is 226 g/mol. The number of hydrogen-bond donors (Lipinski definition) is 4. The molecular formula is C6H14N2O5S. The molecule has 0 saturated heterocycles. The molecule has 0 rings (SSSR count). The lowest BCUT2D eigenvalue weighted by atomic mass is 10.4. The molecule has 0 aliphatic rings. The third-order valence-corrected chi connectivity index (χ3v) is 2.61. The van der Waals surface area contributed by atoms with Crippen LogP contribution in [0.5, 0.6) is 0 Å². The van der Waals surface area contributed by atoms with Gasteiger partial charge in [-0.05, 0) is 19.5 Å². The molecule has 0 aromatic heterocycles. The van der Waals surface area contributed by atoms with Gasteiger partial charge in [-0.25, -0.2) is 0 Å². The molecule has 84 valence electrons. The van der Waals surface area contributed by atoms with Gasteiger partial charge in [0.2, 0.25) is 0 Å². The smallest absolute Gasteiger partial charge is 0.325 e. The summed E-state index contributed by atoms with van der Waals surface area (Å²) < 4.78 is 29.6. The van der Waals surface area contributed by atoms with Crippen LogP contribution in [0.4, 0.5) is 0 Å². The van der Waals surface area contributed by atoms with Gasteiger partial charge in [0.15, 0.2) is 5.25 Å². The first-order chi connectivity index (χ1) is 6.39. The minimum absolute atomic E-state index is 0.325. The molecule has 0 saturated carbocycles. The maximum atomic E-state index is 10.5. The molecule has 14 heavy (non-hydrogen) atoms. The van der Waals surface area contributed by atoms with Crippen LogP contribution >= 0.6 is 0 Å². The number of nitrogens with two attached hydrogens (primary N) is 1. The molecule has 5 N–H and O–H groups in total. The van der Waals surface area contributed by atoms with Gasteiger partial charge < -0.3 is 16.2 Å². The normalized spacial score (nSPS) is 13.9. The molecule has 7 nitrogen and oxygen atoms in total. The molecule has 0 aromatic carbocycles. The quantitative estimate of drug-likeness (QED) is 0.299. The van der Waals surface area contributed by atoms with Gasteiger partial charge in [0.25, 0.3) is 10.1 Å². The zero-order valence-corrected chi connectivity index (χ0v) is 8.33. The fourth-order valence-corrected chi connectivity index (χ4v) is 1.36. The Balaban J connectivity index is 4.07. The molecule has 0 aromatic rings. The highest BCUT2D eigenvalue weighted by molar-refractivity contribution is 7.87. The second kappa shape index (κ2) is 5.91. The number of carboxylic acid groups (broad SMARTS) is 1. The Morgan fingerprint density at radius 1 is 1.50 bits per heavy atom. The Bertz CT molecular complexity index is 276. The van der Waals surface area contributed by atoms with Crippen LogP contribution < -0.4 is 11.1 Å². The summed E-state index contributed by atoms with van der Waals surface area (Å²) in [4.78, 5) is 10.4. The standard InChI is InChI=1S/C6H14N2O5S/c7-2-1-3-8-4-5(6(9)10)14(11,12)13/h5,8H,1-4,7H2,(H,9,10)(H,11,12,13). The number of nitrogens with one attached hydrogen (secondary N) is 1. The molecule has 0 aliphatic carbocycles. The summed E-state index contributed by atoms with van der Waals surface area (Å²) in [6, 6.07) is 0. The van der Waals surface area contributed by atoms with Crippen molar-refractivity contribution in [1.82, 2.24) is 5.32 Å². The van der Waals surface area contributed by atoms with Crippen LogP contribution in [0.3, 0.4) is 0 Å². The summed E-state index contributed by atoms with van der Waals surface area (Å²) in [7, 11) is -4.54. The van der Waals surface area contributed by atoms with Crippen LogP contribution in [0.1, 0.15) is 6.42 Å². The van der Waals surface area contributed by atoms with E-state index in [1.165, 1.54) is 0 Å². The van der Waals surface area contributed by atoms with Crippen molar-refractivity contribution in [1.29, 1.82) is 0 Å². The van der Waals surface area contributed by atoms with Gasteiger partial charge in [-0.1, -0.05) is 0 Å². The second-order valence-electron chi connectivity index (χ2n) is 2.69. The molecule has 0 bridgehead atoms. The second-order valence-corrected chi connectivity index (χ2v) is 4.29. The molecule has 0 spiro atoms. The predicted octanol–water partition coefficient (Wildman–Crippen LogP) is -1.73. The minimum atomic E-state index is -4.54. The molecule has 0 fully saturated rings. The maximum absolute atomic E-state index is 10.5. The van der Waals surface area contributed by atoms with Gasteiger partial charge >= 0.3 is 5.97 Å². The van der Waals surface area contributed by atoms with Crippen LogP contribution in [-0.4, -0.2) is 48.9 Å². The van der Waals surface area contributed by atoms with Crippen LogP contribution in [0.2, 0.25) is 0 Å². The summed E-state index contributed by atoms with van der Waals surface area (Å²) in [6.07, 6.45) is 0.609.